The van der Waals surface area contributed by atoms with E-state index in [-0.39, 0.29) is 0 Å². The number of hydrogen-bond donors (Lipinski definition) is 1. The summed E-state index contributed by atoms with van der Waals surface area (Å²) in [5.74, 6) is 1.25. The highest BCUT2D eigenvalue weighted by Crippen LogP contribution is 2.35. The quantitative estimate of drug-likeness (QED) is 0.810. The zero-order chi connectivity index (χ0) is 13.3. The highest BCUT2D eigenvalue weighted by Gasteiger charge is 2.18. The molecule has 1 aliphatic rings. The lowest BCUT2D eigenvalue weighted by Gasteiger charge is -2.33. The maximum absolute atomic E-state index is 6.26. The summed E-state index contributed by atoms with van der Waals surface area (Å²) in [6.45, 7) is 8.89. The number of hydrogen-bond acceptors (Lipinski definition) is 2. The SMILES string of the molecule is CC1CCN(c2cc(Cl)c(N)c(C(C)C)c2)CC1. The number of anilines is 2. The molecule has 2 rings (SSSR count). The van der Waals surface area contributed by atoms with Gasteiger partial charge in [0.2, 0.25) is 0 Å². The largest absolute Gasteiger partial charge is 0.397 e. The molecule has 0 bridgehead atoms. The van der Waals surface area contributed by atoms with Crippen molar-refractivity contribution in [2.75, 3.05) is 23.7 Å². The molecule has 1 aliphatic heterocycles. The van der Waals surface area contributed by atoms with Crippen LogP contribution in [-0.2, 0) is 0 Å². The summed E-state index contributed by atoms with van der Waals surface area (Å²) in [6, 6.07) is 4.22. The molecule has 0 radical (unpaired) electrons. The fourth-order valence-corrected chi connectivity index (χ4v) is 2.77. The topological polar surface area (TPSA) is 29.3 Å². The second-order valence-corrected chi connectivity index (χ2v) is 6.16. The van der Waals surface area contributed by atoms with Gasteiger partial charge in [-0.2, -0.15) is 0 Å². The van der Waals surface area contributed by atoms with Gasteiger partial charge in [-0.1, -0.05) is 32.4 Å². The number of halogens is 1. The van der Waals surface area contributed by atoms with Gasteiger partial charge >= 0.3 is 0 Å². The fraction of sp³-hybridized carbons (Fsp3) is 0.600. The van der Waals surface area contributed by atoms with Crippen molar-refractivity contribution >= 4 is 23.0 Å². The van der Waals surface area contributed by atoms with Crippen LogP contribution in [0.5, 0.6) is 0 Å². The minimum absolute atomic E-state index is 0.408. The Morgan fingerprint density at radius 1 is 1.28 bits per heavy atom. The summed E-state index contributed by atoms with van der Waals surface area (Å²) in [5, 5.41) is 0.690. The fourth-order valence-electron chi connectivity index (χ4n) is 2.55. The summed E-state index contributed by atoms with van der Waals surface area (Å²) in [4.78, 5) is 2.43. The first kappa shape index (κ1) is 13.5. The van der Waals surface area contributed by atoms with E-state index in [2.05, 4.69) is 31.7 Å². The molecule has 0 aliphatic carbocycles. The molecule has 1 aromatic rings. The van der Waals surface area contributed by atoms with Gasteiger partial charge < -0.3 is 10.6 Å². The predicted octanol–water partition coefficient (Wildman–Crippen LogP) is 4.28. The van der Waals surface area contributed by atoms with E-state index in [0.717, 1.165) is 30.3 Å². The maximum Gasteiger partial charge on any atom is 0.0658 e. The molecule has 2 nitrogen and oxygen atoms in total. The van der Waals surface area contributed by atoms with E-state index in [1.54, 1.807) is 0 Å². The molecule has 1 fully saturated rings. The first-order valence-electron chi connectivity index (χ1n) is 6.83. The van der Waals surface area contributed by atoms with Crippen LogP contribution in [-0.4, -0.2) is 13.1 Å². The molecular formula is C15H23ClN2. The second-order valence-electron chi connectivity index (χ2n) is 5.75. The van der Waals surface area contributed by atoms with Crippen LogP contribution in [0.25, 0.3) is 0 Å². The van der Waals surface area contributed by atoms with Gasteiger partial charge in [-0.3, -0.25) is 0 Å². The van der Waals surface area contributed by atoms with Crippen molar-refractivity contribution in [3.8, 4) is 0 Å². The van der Waals surface area contributed by atoms with Gasteiger partial charge in [0, 0.05) is 18.8 Å². The lowest BCUT2D eigenvalue weighted by Crippen LogP contribution is -2.32. The van der Waals surface area contributed by atoms with Gasteiger partial charge in [0.05, 0.1) is 10.7 Å². The second kappa shape index (κ2) is 5.40. The summed E-state index contributed by atoms with van der Waals surface area (Å²) in [5.41, 5.74) is 9.18. The number of benzene rings is 1. The molecule has 18 heavy (non-hydrogen) atoms. The molecule has 1 aromatic carbocycles. The highest BCUT2D eigenvalue weighted by atomic mass is 35.5. The van der Waals surface area contributed by atoms with E-state index in [1.807, 2.05) is 6.07 Å². The van der Waals surface area contributed by atoms with Crippen LogP contribution >= 0.6 is 11.6 Å². The Labute approximate surface area is 115 Å². The van der Waals surface area contributed by atoms with E-state index < -0.39 is 0 Å². The number of nitrogen functional groups attached to an aromatic ring is 1. The summed E-state index contributed by atoms with van der Waals surface area (Å²) in [7, 11) is 0. The summed E-state index contributed by atoms with van der Waals surface area (Å²) in [6.07, 6.45) is 2.53. The standard InChI is InChI=1S/C15H23ClN2/c1-10(2)13-8-12(9-14(16)15(13)17)18-6-4-11(3)5-7-18/h8-11H,4-7,17H2,1-3H3. The number of rotatable bonds is 2. The molecule has 0 spiro atoms. The van der Waals surface area contributed by atoms with E-state index in [9.17, 15) is 0 Å². The first-order valence-corrected chi connectivity index (χ1v) is 7.20. The van der Waals surface area contributed by atoms with Crippen molar-refractivity contribution in [1.29, 1.82) is 0 Å². The average Bonchev–Trinajstić information content (AvgIpc) is 2.33. The van der Waals surface area contributed by atoms with E-state index in [0.29, 0.717) is 10.9 Å². The van der Waals surface area contributed by atoms with Crippen molar-refractivity contribution in [3.05, 3.63) is 22.7 Å². The van der Waals surface area contributed by atoms with Crippen LogP contribution in [0.3, 0.4) is 0 Å². The molecule has 0 aromatic heterocycles. The molecule has 0 amide bonds. The van der Waals surface area contributed by atoms with E-state index in [4.69, 9.17) is 17.3 Å². The maximum atomic E-state index is 6.26. The smallest absolute Gasteiger partial charge is 0.0658 e. The average molecular weight is 267 g/mol. The molecule has 1 heterocycles. The van der Waals surface area contributed by atoms with Gasteiger partial charge in [0.1, 0.15) is 0 Å². The third-order valence-corrected chi connectivity index (χ3v) is 4.23. The molecule has 0 saturated carbocycles. The Hall–Kier alpha value is -0.890. The summed E-state index contributed by atoms with van der Waals surface area (Å²) < 4.78 is 0. The molecule has 1 saturated heterocycles. The lowest BCUT2D eigenvalue weighted by molar-refractivity contribution is 0.438. The zero-order valence-corrected chi connectivity index (χ0v) is 12.3. The van der Waals surface area contributed by atoms with E-state index >= 15 is 0 Å². The Kier molecular flexibility index (Phi) is 4.06. The number of nitrogens with two attached hydrogens (primary N) is 1. The molecule has 0 atom stereocenters. The van der Waals surface area contributed by atoms with Crippen LogP contribution < -0.4 is 10.6 Å². The van der Waals surface area contributed by atoms with Crippen LogP contribution in [0.15, 0.2) is 12.1 Å². The van der Waals surface area contributed by atoms with Crippen LogP contribution in [0, 0.1) is 5.92 Å². The van der Waals surface area contributed by atoms with Crippen LogP contribution in [0.4, 0.5) is 11.4 Å². The van der Waals surface area contributed by atoms with Crippen LogP contribution in [0.2, 0.25) is 5.02 Å². The molecule has 100 valence electrons. The molecular weight excluding hydrogens is 244 g/mol. The third-order valence-electron chi connectivity index (χ3n) is 3.92. The third kappa shape index (κ3) is 2.74. The van der Waals surface area contributed by atoms with Gasteiger partial charge in [-0.15, -0.1) is 0 Å². The monoisotopic (exact) mass is 266 g/mol. The van der Waals surface area contributed by atoms with Gasteiger partial charge in [0.15, 0.2) is 0 Å². The zero-order valence-electron chi connectivity index (χ0n) is 11.5. The molecule has 0 unspecified atom stereocenters. The minimum atomic E-state index is 0.408. The van der Waals surface area contributed by atoms with Gasteiger partial charge in [-0.05, 0) is 42.4 Å². The molecule has 2 N–H and O–H groups in total. The number of piperidine rings is 1. The molecule has 3 heteroatoms. The Morgan fingerprint density at radius 2 is 1.89 bits per heavy atom. The van der Waals surface area contributed by atoms with Crippen molar-refractivity contribution in [2.24, 2.45) is 5.92 Å². The van der Waals surface area contributed by atoms with Gasteiger partial charge in [-0.25, -0.2) is 0 Å². The van der Waals surface area contributed by atoms with Gasteiger partial charge in [0.25, 0.3) is 0 Å². The van der Waals surface area contributed by atoms with E-state index in [1.165, 1.54) is 18.5 Å². The van der Waals surface area contributed by atoms with Crippen molar-refractivity contribution in [2.45, 2.75) is 39.5 Å². The highest BCUT2D eigenvalue weighted by molar-refractivity contribution is 6.33. The van der Waals surface area contributed by atoms with Crippen molar-refractivity contribution in [3.63, 3.8) is 0 Å². The number of nitrogens with zero attached hydrogens (tertiary/aromatic N) is 1. The van der Waals surface area contributed by atoms with Crippen molar-refractivity contribution in [1.82, 2.24) is 0 Å². The lowest BCUT2D eigenvalue weighted by atomic mass is 9.97. The van der Waals surface area contributed by atoms with Crippen LogP contribution in [0.1, 0.15) is 45.1 Å². The summed E-state index contributed by atoms with van der Waals surface area (Å²) >= 11 is 6.26. The Balaban J connectivity index is 2.28. The predicted molar refractivity (Wildman–Crippen MR) is 80.6 cm³/mol. The minimum Gasteiger partial charge on any atom is -0.397 e. The Bertz CT molecular complexity index is 421. The first-order chi connectivity index (χ1) is 8.49. The normalized spacial score (nSPS) is 17.5. The Morgan fingerprint density at radius 3 is 2.44 bits per heavy atom. The van der Waals surface area contributed by atoms with Crippen molar-refractivity contribution < 1.29 is 0 Å².